The van der Waals surface area contributed by atoms with Crippen molar-refractivity contribution in [2.45, 2.75) is 55.6 Å². The molecule has 34 heavy (non-hydrogen) atoms. The van der Waals surface area contributed by atoms with Crippen LogP contribution in [0.4, 0.5) is 5.82 Å². The minimum Gasteiger partial charge on any atom is -0.497 e. The Morgan fingerprint density at radius 1 is 1.21 bits per heavy atom. The standard InChI is InChI=1S/C26H31N5O2S/c1-33-20-7-8-23-21(13-20)17(10-11-28-23)12-22(27)16-2-4-18(5-3-16)29-14-19-6-9-24-26(30-19)31-25(32)15-34-24/h6-11,13,16,18,22,29H,2-5,12,14-15,27H2,1H3,(H,30,31,32)/t16-,18-,22-/m0/s1. The molecule has 1 aliphatic carbocycles. The molecule has 3 aromatic rings. The zero-order chi connectivity index (χ0) is 23.5. The van der Waals surface area contributed by atoms with Crippen LogP contribution in [0, 0.1) is 5.92 Å². The first-order valence-corrected chi connectivity index (χ1v) is 12.9. The number of hydrogen-bond donors (Lipinski definition) is 3. The van der Waals surface area contributed by atoms with Crippen LogP contribution in [0.15, 0.2) is 47.5 Å². The lowest BCUT2D eigenvalue weighted by molar-refractivity contribution is -0.113. The van der Waals surface area contributed by atoms with Crippen LogP contribution in [0.25, 0.3) is 10.9 Å². The number of rotatable bonds is 7. The molecule has 0 radical (unpaired) electrons. The summed E-state index contributed by atoms with van der Waals surface area (Å²) in [6, 6.07) is 12.8. The van der Waals surface area contributed by atoms with Crippen molar-refractivity contribution < 1.29 is 9.53 Å². The number of fused-ring (bicyclic) bond motifs is 2. The molecule has 1 amide bonds. The highest BCUT2D eigenvalue weighted by molar-refractivity contribution is 8.00. The van der Waals surface area contributed by atoms with Crippen molar-refractivity contribution in [1.29, 1.82) is 0 Å². The van der Waals surface area contributed by atoms with Gasteiger partial charge in [0, 0.05) is 30.2 Å². The Labute approximate surface area is 204 Å². The van der Waals surface area contributed by atoms with Crippen molar-refractivity contribution in [3.8, 4) is 5.75 Å². The van der Waals surface area contributed by atoms with Crippen molar-refractivity contribution >= 4 is 34.4 Å². The smallest absolute Gasteiger partial charge is 0.235 e. The Hall–Kier alpha value is -2.68. The van der Waals surface area contributed by atoms with Crippen molar-refractivity contribution in [3.63, 3.8) is 0 Å². The molecular formula is C26H31N5O2S. The lowest BCUT2D eigenvalue weighted by atomic mass is 9.79. The number of nitrogens with one attached hydrogen (secondary N) is 2. The lowest BCUT2D eigenvalue weighted by Gasteiger charge is -2.33. The van der Waals surface area contributed by atoms with Gasteiger partial charge < -0.3 is 21.1 Å². The molecule has 1 atom stereocenters. The molecule has 1 aliphatic heterocycles. The Morgan fingerprint density at radius 2 is 2.06 bits per heavy atom. The number of anilines is 1. The highest BCUT2D eigenvalue weighted by Crippen LogP contribution is 2.31. The molecule has 4 N–H and O–H groups in total. The summed E-state index contributed by atoms with van der Waals surface area (Å²) in [7, 11) is 1.69. The number of methoxy groups -OCH3 is 1. The Balaban J connectivity index is 1.14. The fraction of sp³-hybridized carbons (Fsp3) is 0.423. The van der Waals surface area contributed by atoms with Crippen LogP contribution in [0.2, 0.25) is 0 Å². The Bertz CT molecular complexity index is 1180. The van der Waals surface area contributed by atoms with E-state index in [1.165, 1.54) is 5.56 Å². The molecule has 0 unspecified atom stereocenters. The SMILES string of the molecule is COc1ccc2nccc(C[C@H](N)[C@H]3CC[C@H](NCc4ccc5c(n4)NC(=O)CS5)CC3)c2c1. The highest BCUT2D eigenvalue weighted by atomic mass is 32.2. The van der Waals surface area contributed by atoms with Gasteiger partial charge in [0.1, 0.15) is 11.6 Å². The van der Waals surface area contributed by atoms with Crippen molar-refractivity contribution in [1.82, 2.24) is 15.3 Å². The quantitative estimate of drug-likeness (QED) is 0.474. The Morgan fingerprint density at radius 3 is 2.88 bits per heavy atom. The number of thioether (sulfide) groups is 1. The third-order valence-electron chi connectivity index (χ3n) is 6.98. The molecule has 1 aromatic carbocycles. The van der Waals surface area contributed by atoms with E-state index in [-0.39, 0.29) is 11.9 Å². The predicted molar refractivity (Wildman–Crippen MR) is 136 cm³/mol. The average Bonchev–Trinajstić information content (AvgIpc) is 2.87. The fourth-order valence-electron chi connectivity index (χ4n) is 5.01. The molecule has 1 saturated carbocycles. The van der Waals surface area contributed by atoms with E-state index in [1.807, 2.05) is 24.4 Å². The molecule has 2 aromatic heterocycles. The molecule has 1 fully saturated rings. The number of hydrogen-bond acceptors (Lipinski definition) is 7. The van der Waals surface area contributed by atoms with Gasteiger partial charge in [0.25, 0.3) is 0 Å². The molecule has 7 nitrogen and oxygen atoms in total. The van der Waals surface area contributed by atoms with Crippen molar-refractivity contribution in [2.75, 3.05) is 18.2 Å². The second kappa shape index (κ2) is 10.3. The molecular weight excluding hydrogens is 446 g/mol. The molecule has 178 valence electrons. The normalized spacial score (nSPS) is 21.1. The summed E-state index contributed by atoms with van der Waals surface area (Å²) in [5, 5.41) is 7.65. The zero-order valence-electron chi connectivity index (χ0n) is 19.4. The van der Waals surface area contributed by atoms with Crippen molar-refractivity contribution in [2.24, 2.45) is 11.7 Å². The van der Waals surface area contributed by atoms with Crippen LogP contribution in [0.5, 0.6) is 5.75 Å². The summed E-state index contributed by atoms with van der Waals surface area (Å²) in [6.45, 7) is 0.708. The number of ether oxygens (including phenoxy) is 1. The number of nitrogens with two attached hydrogens (primary N) is 1. The maximum atomic E-state index is 11.6. The molecule has 5 rings (SSSR count). The number of aromatic nitrogens is 2. The second-order valence-corrected chi connectivity index (χ2v) is 10.2. The second-order valence-electron chi connectivity index (χ2n) is 9.20. The van der Waals surface area contributed by atoms with Crippen LogP contribution < -0.4 is 21.1 Å². The van der Waals surface area contributed by atoms with Gasteiger partial charge in [-0.1, -0.05) is 0 Å². The number of carbonyl (C=O) groups excluding carboxylic acids is 1. The van der Waals surface area contributed by atoms with Crippen LogP contribution in [0.1, 0.15) is 36.9 Å². The summed E-state index contributed by atoms with van der Waals surface area (Å²) in [5.74, 6) is 2.53. The van der Waals surface area contributed by atoms with Crippen LogP contribution >= 0.6 is 11.8 Å². The number of nitrogens with zero attached hydrogens (tertiary/aromatic N) is 2. The van der Waals surface area contributed by atoms with E-state index in [0.29, 0.717) is 30.1 Å². The predicted octanol–water partition coefficient (Wildman–Crippen LogP) is 3.90. The summed E-state index contributed by atoms with van der Waals surface area (Å²) in [4.78, 5) is 21.8. The molecule has 3 heterocycles. The van der Waals surface area contributed by atoms with Gasteiger partial charge in [-0.15, -0.1) is 11.8 Å². The first-order valence-electron chi connectivity index (χ1n) is 11.9. The first-order chi connectivity index (χ1) is 16.6. The summed E-state index contributed by atoms with van der Waals surface area (Å²) < 4.78 is 5.41. The average molecular weight is 478 g/mol. The maximum Gasteiger partial charge on any atom is 0.235 e. The maximum absolute atomic E-state index is 11.6. The van der Waals surface area contributed by atoms with Crippen molar-refractivity contribution in [3.05, 3.63) is 53.9 Å². The van der Waals surface area contributed by atoms with Gasteiger partial charge in [0.15, 0.2) is 0 Å². The van der Waals surface area contributed by atoms with Gasteiger partial charge in [-0.2, -0.15) is 0 Å². The van der Waals surface area contributed by atoms with E-state index in [0.717, 1.165) is 59.3 Å². The summed E-state index contributed by atoms with van der Waals surface area (Å²) >= 11 is 1.54. The van der Waals surface area contributed by atoms with Crippen LogP contribution in [0.3, 0.4) is 0 Å². The van der Waals surface area contributed by atoms with Crippen LogP contribution in [-0.4, -0.2) is 40.8 Å². The monoisotopic (exact) mass is 477 g/mol. The van der Waals surface area contributed by atoms with Gasteiger partial charge in [-0.3, -0.25) is 9.78 Å². The molecule has 0 saturated heterocycles. The number of amides is 1. The number of carbonyl (C=O) groups is 1. The Kier molecular flexibility index (Phi) is 6.99. The largest absolute Gasteiger partial charge is 0.497 e. The minimum atomic E-state index is 0.0173. The van der Waals surface area contributed by atoms with Gasteiger partial charge in [-0.25, -0.2) is 4.98 Å². The van der Waals surface area contributed by atoms with E-state index < -0.39 is 0 Å². The topological polar surface area (TPSA) is 102 Å². The van der Waals surface area contributed by atoms with E-state index in [9.17, 15) is 4.79 Å². The van der Waals surface area contributed by atoms with Gasteiger partial charge in [-0.05, 0) is 80.0 Å². The van der Waals surface area contributed by atoms with E-state index in [4.69, 9.17) is 10.5 Å². The molecule has 8 heteroatoms. The molecule has 2 aliphatic rings. The van der Waals surface area contributed by atoms with E-state index >= 15 is 0 Å². The minimum absolute atomic E-state index is 0.0173. The summed E-state index contributed by atoms with van der Waals surface area (Å²) in [6.07, 6.45) is 7.18. The van der Waals surface area contributed by atoms with Gasteiger partial charge in [0.2, 0.25) is 5.91 Å². The summed E-state index contributed by atoms with van der Waals surface area (Å²) in [5.41, 5.74) is 9.88. The first kappa shape index (κ1) is 23.1. The van der Waals surface area contributed by atoms with Gasteiger partial charge in [0.05, 0.1) is 29.0 Å². The van der Waals surface area contributed by atoms with Crippen LogP contribution in [-0.2, 0) is 17.8 Å². The third kappa shape index (κ3) is 5.19. The zero-order valence-corrected chi connectivity index (χ0v) is 20.2. The van der Waals surface area contributed by atoms with Gasteiger partial charge >= 0.3 is 0 Å². The highest BCUT2D eigenvalue weighted by Gasteiger charge is 2.26. The number of pyridine rings is 2. The van der Waals surface area contributed by atoms with E-state index in [2.05, 4.69) is 38.8 Å². The lowest BCUT2D eigenvalue weighted by Crippen LogP contribution is -2.39. The fourth-order valence-corrected chi connectivity index (χ4v) is 5.77. The number of benzene rings is 1. The third-order valence-corrected chi connectivity index (χ3v) is 8.02. The molecule has 0 spiro atoms. The molecule has 0 bridgehead atoms. The van der Waals surface area contributed by atoms with E-state index in [1.54, 1.807) is 18.9 Å².